The molecule has 0 fully saturated rings. The van der Waals surface area contributed by atoms with Crippen LogP contribution in [0.25, 0.3) is 0 Å². The van der Waals surface area contributed by atoms with Crippen molar-refractivity contribution in [3.8, 4) is 0 Å². The smallest absolute Gasteiger partial charge is 0.226 e. The molecule has 0 radical (unpaired) electrons. The Bertz CT molecular complexity index is 481. The number of anilines is 1. The molecular formula is C11H12N4OS. The van der Waals surface area contributed by atoms with Crippen LogP contribution in [0.5, 0.6) is 0 Å². The summed E-state index contributed by atoms with van der Waals surface area (Å²) in [4.78, 5) is 19.7. The number of hydrogen-bond donors (Lipinski definition) is 2. The minimum Gasteiger partial charge on any atom is -0.397 e. The van der Waals surface area contributed by atoms with Crippen LogP contribution in [0.1, 0.15) is 10.7 Å². The molecule has 2 aromatic rings. The van der Waals surface area contributed by atoms with E-state index in [1.165, 1.54) is 11.3 Å². The molecule has 0 saturated carbocycles. The van der Waals surface area contributed by atoms with Gasteiger partial charge in [-0.05, 0) is 12.1 Å². The van der Waals surface area contributed by atoms with Gasteiger partial charge in [-0.1, -0.05) is 0 Å². The van der Waals surface area contributed by atoms with E-state index in [2.05, 4.69) is 15.3 Å². The van der Waals surface area contributed by atoms with E-state index in [9.17, 15) is 4.79 Å². The van der Waals surface area contributed by atoms with E-state index in [1.807, 2.05) is 5.38 Å². The predicted molar refractivity (Wildman–Crippen MR) is 66.3 cm³/mol. The fraction of sp³-hybridized carbons (Fsp3) is 0.182. The number of carbonyl (C=O) groups is 1. The molecule has 0 aliphatic heterocycles. The molecule has 0 unspecified atom stereocenters. The number of nitrogens with one attached hydrogen (secondary N) is 1. The van der Waals surface area contributed by atoms with Gasteiger partial charge in [-0.25, -0.2) is 4.98 Å². The molecule has 0 bridgehead atoms. The Morgan fingerprint density at radius 3 is 2.94 bits per heavy atom. The number of hydrogen-bond acceptors (Lipinski definition) is 5. The van der Waals surface area contributed by atoms with Crippen molar-refractivity contribution in [2.24, 2.45) is 0 Å². The van der Waals surface area contributed by atoms with Gasteiger partial charge in [0.2, 0.25) is 5.91 Å². The summed E-state index contributed by atoms with van der Waals surface area (Å²) in [5, 5.41) is 5.56. The van der Waals surface area contributed by atoms with Gasteiger partial charge in [0, 0.05) is 17.3 Å². The lowest BCUT2D eigenvalue weighted by Gasteiger charge is -2.03. The third-order valence-electron chi connectivity index (χ3n) is 2.11. The first-order valence-electron chi connectivity index (χ1n) is 5.09. The second-order valence-corrected chi connectivity index (χ2v) is 4.44. The van der Waals surface area contributed by atoms with Crippen molar-refractivity contribution >= 4 is 22.9 Å². The zero-order valence-corrected chi connectivity index (χ0v) is 9.91. The van der Waals surface area contributed by atoms with Crippen LogP contribution < -0.4 is 11.1 Å². The highest BCUT2D eigenvalue weighted by molar-refractivity contribution is 7.09. The molecule has 1 amide bonds. The van der Waals surface area contributed by atoms with E-state index in [0.717, 1.165) is 5.01 Å². The highest BCUT2D eigenvalue weighted by Gasteiger charge is 2.05. The van der Waals surface area contributed by atoms with Gasteiger partial charge < -0.3 is 11.1 Å². The van der Waals surface area contributed by atoms with Crippen LogP contribution in [0, 0.1) is 0 Å². The molecular weight excluding hydrogens is 236 g/mol. The summed E-state index contributed by atoms with van der Waals surface area (Å²) in [6.07, 6.45) is 3.52. The number of amides is 1. The summed E-state index contributed by atoms with van der Waals surface area (Å²) in [5.41, 5.74) is 6.81. The first-order valence-corrected chi connectivity index (χ1v) is 5.97. The molecule has 0 atom stereocenters. The first-order chi connectivity index (χ1) is 8.24. The quantitative estimate of drug-likeness (QED) is 0.845. The molecule has 0 spiro atoms. The van der Waals surface area contributed by atoms with E-state index in [1.54, 1.807) is 24.5 Å². The van der Waals surface area contributed by atoms with Gasteiger partial charge >= 0.3 is 0 Å². The topological polar surface area (TPSA) is 80.9 Å². The number of rotatable bonds is 4. The van der Waals surface area contributed by atoms with Crippen LogP contribution in [0.2, 0.25) is 0 Å². The molecule has 2 heterocycles. The fourth-order valence-electron chi connectivity index (χ4n) is 1.28. The lowest BCUT2D eigenvalue weighted by molar-refractivity contribution is -0.120. The fourth-order valence-corrected chi connectivity index (χ4v) is 1.84. The molecule has 17 heavy (non-hydrogen) atoms. The van der Waals surface area contributed by atoms with Gasteiger partial charge in [-0.15, -0.1) is 11.3 Å². The van der Waals surface area contributed by atoms with E-state index in [4.69, 9.17) is 5.73 Å². The maximum Gasteiger partial charge on any atom is 0.226 e. The van der Waals surface area contributed by atoms with Gasteiger partial charge in [0.25, 0.3) is 0 Å². The third kappa shape index (κ3) is 3.53. The third-order valence-corrected chi connectivity index (χ3v) is 2.89. The molecule has 0 saturated heterocycles. The summed E-state index contributed by atoms with van der Waals surface area (Å²) in [6, 6.07) is 3.48. The van der Waals surface area contributed by atoms with E-state index in [0.29, 0.717) is 17.9 Å². The number of aromatic nitrogens is 2. The zero-order chi connectivity index (χ0) is 12.1. The number of nitrogens with zero attached hydrogens (tertiary/aromatic N) is 2. The average Bonchev–Trinajstić information content (AvgIpc) is 2.83. The first kappa shape index (κ1) is 11.5. The van der Waals surface area contributed by atoms with E-state index in [-0.39, 0.29) is 12.3 Å². The van der Waals surface area contributed by atoms with Crippen molar-refractivity contribution < 1.29 is 4.79 Å². The maximum absolute atomic E-state index is 11.6. The van der Waals surface area contributed by atoms with Crippen molar-refractivity contribution in [1.29, 1.82) is 0 Å². The van der Waals surface area contributed by atoms with Gasteiger partial charge in [-0.2, -0.15) is 0 Å². The Morgan fingerprint density at radius 1 is 1.41 bits per heavy atom. The largest absolute Gasteiger partial charge is 0.397 e. The van der Waals surface area contributed by atoms with Crippen LogP contribution in [-0.2, 0) is 17.8 Å². The number of nitrogen functional groups attached to an aromatic ring is 1. The van der Waals surface area contributed by atoms with Crippen molar-refractivity contribution in [2.45, 2.75) is 13.0 Å². The molecule has 0 aromatic carbocycles. The van der Waals surface area contributed by atoms with Crippen LogP contribution in [0.3, 0.4) is 0 Å². The highest BCUT2D eigenvalue weighted by Crippen LogP contribution is 2.04. The Labute approximate surface area is 103 Å². The number of pyridine rings is 1. The summed E-state index contributed by atoms with van der Waals surface area (Å²) < 4.78 is 0. The van der Waals surface area contributed by atoms with Gasteiger partial charge in [0.15, 0.2) is 0 Å². The number of nitrogens with two attached hydrogens (primary N) is 1. The summed E-state index contributed by atoms with van der Waals surface area (Å²) in [5.74, 6) is -0.0718. The minimum atomic E-state index is -0.0718. The summed E-state index contributed by atoms with van der Waals surface area (Å²) in [7, 11) is 0. The molecule has 88 valence electrons. The van der Waals surface area contributed by atoms with E-state index >= 15 is 0 Å². The van der Waals surface area contributed by atoms with Crippen LogP contribution in [-0.4, -0.2) is 15.9 Å². The Morgan fingerprint density at radius 2 is 2.29 bits per heavy atom. The number of carbonyl (C=O) groups excluding carboxylic acids is 1. The molecule has 0 aliphatic rings. The molecule has 2 aromatic heterocycles. The van der Waals surface area contributed by atoms with Crippen LogP contribution in [0.15, 0.2) is 29.9 Å². The van der Waals surface area contributed by atoms with Crippen molar-refractivity contribution in [1.82, 2.24) is 15.3 Å². The van der Waals surface area contributed by atoms with Crippen molar-refractivity contribution in [3.05, 3.63) is 40.6 Å². The predicted octanol–water partition coefficient (Wildman–Crippen LogP) is 0.979. The Hall–Kier alpha value is -1.95. The zero-order valence-electron chi connectivity index (χ0n) is 9.09. The Kier molecular flexibility index (Phi) is 3.66. The standard InChI is InChI=1S/C11H12N4OS/c12-8-1-2-9(14-6-8)5-10(16)15-7-11-13-3-4-17-11/h1-4,6H,5,7,12H2,(H,15,16). The average molecular weight is 248 g/mol. The molecule has 5 nitrogen and oxygen atoms in total. The maximum atomic E-state index is 11.6. The molecule has 0 aliphatic carbocycles. The minimum absolute atomic E-state index is 0.0718. The molecule has 2 rings (SSSR count). The van der Waals surface area contributed by atoms with Gasteiger partial charge in [-0.3, -0.25) is 9.78 Å². The normalized spacial score (nSPS) is 10.1. The van der Waals surface area contributed by atoms with E-state index < -0.39 is 0 Å². The lowest BCUT2D eigenvalue weighted by Crippen LogP contribution is -2.24. The van der Waals surface area contributed by atoms with Crippen LogP contribution >= 0.6 is 11.3 Å². The van der Waals surface area contributed by atoms with Gasteiger partial charge in [0.1, 0.15) is 5.01 Å². The second kappa shape index (κ2) is 5.40. The second-order valence-electron chi connectivity index (χ2n) is 3.46. The van der Waals surface area contributed by atoms with Gasteiger partial charge in [0.05, 0.1) is 24.8 Å². The summed E-state index contributed by atoms with van der Waals surface area (Å²) in [6.45, 7) is 0.464. The lowest BCUT2D eigenvalue weighted by atomic mass is 10.2. The number of thiazole rings is 1. The summed E-state index contributed by atoms with van der Waals surface area (Å²) >= 11 is 1.52. The Balaban J connectivity index is 1.83. The SMILES string of the molecule is Nc1ccc(CC(=O)NCc2nccs2)nc1. The molecule has 3 N–H and O–H groups in total. The van der Waals surface area contributed by atoms with Crippen molar-refractivity contribution in [2.75, 3.05) is 5.73 Å². The van der Waals surface area contributed by atoms with Crippen LogP contribution in [0.4, 0.5) is 5.69 Å². The monoisotopic (exact) mass is 248 g/mol. The highest BCUT2D eigenvalue weighted by atomic mass is 32.1. The molecule has 6 heteroatoms. The van der Waals surface area contributed by atoms with Crippen molar-refractivity contribution in [3.63, 3.8) is 0 Å².